The lowest BCUT2D eigenvalue weighted by Gasteiger charge is -2.09. The van der Waals surface area contributed by atoms with Crippen LogP contribution in [-0.4, -0.2) is 15.8 Å². The highest BCUT2D eigenvalue weighted by atomic mass is 19.1. The van der Waals surface area contributed by atoms with E-state index in [2.05, 4.69) is 0 Å². The van der Waals surface area contributed by atoms with Gasteiger partial charge in [0.25, 0.3) is 0 Å². The molecule has 0 aromatic heterocycles. The van der Waals surface area contributed by atoms with Gasteiger partial charge in [-0.15, -0.1) is 0 Å². The monoisotopic (exact) mass is 197 g/mol. The average Bonchev–Trinajstić information content (AvgIpc) is 2.79. The van der Waals surface area contributed by atoms with Crippen molar-refractivity contribution in [1.29, 1.82) is 0 Å². The van der Waals surface area contributed by atoms with Crippen LogP contribution >= 0.6 is 0 Å². The van der Waals surface area contributed by atoms with Crippen LogP contribution in [0.4, 0.5) is 4.39 Å². The van der Waals surface area contributed by atoms with Crippen molar-refractivity contribution < 1.29 is 14.6 Å². The molecule has 0 amide bonds. The van der Waals surface area contributed by atoms with Gasteiger partial charge in [-0.2, -0.15) is 0 Å². The number of phenols is 2. The molecule has 0 saturated heterocycles. The second-order valence-corrected chi connectivity index (χ2v) is 3.98. The molecule has 0 heterocycles. The molecule has 0 bridgehead atoms. The highest BCUT2D eigenvalue weighted by molar-refractivity contribution is 5.42. The van der Waals surface area contributed by atoms with Crippen LogP contribution in [-0.2, 0) is 6.42 Å². The Labute approximate surface area is 81.0 Å². The molecule has 3 nitrogen and oxygen atoms in total. The summed E-state index contributed by atoms with van der Waals surface area (Å²) in [5, 5.41) is 18.2. The van der Waals surface area contributed by atoms with Gasteiger partial charge >= 0.3 is 0 Å². The van der Waals surface area contributed by atoms with E-state index in [9.17, 15) is 4.39 Å². The minimum Gasteiger partial charge on any atom is -0.504 e. The summed E-state index contributed by atoms with van der Waals surface area (Å²) in [5.74, 6) is -1.93. The molecule has 4 heteroatoms. The number of hydrogen-bond acceptors (Lipinski definition) is 3. The molecular formula is C10H12FNO2. The smallest absolute Gasteiger partial charge is 0.194 e. The fourth-order valence-corrected chi connectivity index (χ4v) is 1.49. The van der Waals surface area contributed by atoms with Crippen molar-refractivity contribution in [2.45, 2.75) is 24.8 Å². The molecule has 4 N–H and O–H groups in total. The van der Waals surface area contributed by atoms with Crippen molar-refractivity contribution in [3.8, 4) is 11.5 Å². The first kappa shape index (κ1) is 9.27. The summed E-state index contributed by atoms with van der Waals surface area (Å²) in [5.41, 5.74) is 6.25. The highest BCUT2D eigenvalue weighted by Gasteiger charge is 2.38. The van der Waals surface area contributed by atoms with E-state index in [0.717, 1.165) is 12.8 Å². The zero-order chi connectivity index (χ0) is 10.3. The Bertz CT molecular complexity index is 351. The van der Waals surface area contributed by atoms with E-state index >= 15 is 0 Å². The summed E-state index contributed by atoms with van der Waals surface area (Å²) in [7, 11) is 0. The van der Waals surface area contributed by atoms with Crippen LogP contribution in [0.25, 0.3) is 0 Å². The third-order valence-corrected chi connectivity index (χ3v) is 2.55. The lowest BCUT2D eigenvalue weighted by atomic mass is 10.0. The van der Waals surface area contributed by atoms with Crippen LogP contribution in [0.5, 0.6) is 11.5 Å². The lowest BCUT2D eigenvalue weighted by molar-refractivity contribution is 0.378. The Morgan fingerprint density at radius 3 is 2.50 bits per heavy atom. The Morgan fingerprint density at radius 1 is 1.36 bits per heavy atom. The molecule has 0 aliphatic heterocycles. The zero-order valence-electron chi connectivity index (χ0n) is 7.63. The molecule has 1 saturated carbocycles. The number of benzene rings is 1. The number of hydrogen-bond donors (Lipinski definition) is 3. The average molecular weight is 197 g/mol. The Hall–Kier alpha value is -1.29. The second-order valence-electron chi connectivity index (χ2n) is 3.98. The molecule has 1 fully saturated rings. The molecule has 1 aromatic carbocycles. The minimum atomic E-state index is -0.802. The SMILES string of the molecule is NC1(Cc2cc(O)c(O)c(F)c2)CC1. The second kappa shape index (κ2) is 2.85. The maximum absolute atomic E-state index is 13.0. The van der Waals surface area contributed by atoms with Crippen molar-refractivity contribution in [2.24, 2.45) is 5.73 Å². The van der Waals surface area contributed by atoms with E-state index in [1.54, 1.807) is 0 Å². The topological polar surface area (TPSA) is 66.5 Å². The zero-order valence-corrected chi connectivity index (χ0v) is 7.63. The van der Waals surface area contributed by atoms with Crippen LogP contribution in [0, 0.1) is 5.82 Å². The van der Waals surface area contributed by atoms with Gasteiger partial charge in [0.1, 0.15) is 0 Å². The number of nitrogens with two attached hydrogens (primary N) is 1. The van der Waals surface area contributed by atoms with Gasteiger partial charge in [0.2, 0.25) is 0 Å². The molecule has 0 unspecified atom stereocenters. The number of phenolic OH excluding ortho intramolecular Hbond substituents is 2. The molecule has 1 aliphatic rings. The minimum absolute atomic E-state index is 0.226. The highest BCUT2D eigenvalue weighted by Crippen LogP contribution is 2.37. The van der Waals surface area contributed by atoms with Crippen LogP contribution in [0.3, 0.4) is 0 Å². The summed E-state index contributed by atoms with van der Waals surface area (Å²) in [6, 6.07) is 2.56. The summed E-state index contributed by atoms with van der Waals surface area (Å²) >= 11 is 0. The molecule has 1 aliphatic carbocycles. The summed E-state index contributed by atoms with van der Waals surface area (Å²) < 4.78 is 13.0. The predicted molar refractivity (Wildman–Crippen MR) is 49.6 cm³/mol. The van der Waals surface area contributed by atoms with E-state index in [1.165, 1.54) is 12.1 Å². The molecule has 14 heavy (non-hydrogen) atoms. The van der Waals surface area contributed by atoms with Gasteiger partial charge in [-0.1, -0.05) is 0 Å². The van der Waals surface area contributed by atoms with E-state index in [0.29, 0.717) is 12.0 Å². The third kappa shape index (κ3) is 1.65. The number of aromatic hydroxyl groups is 2. The normalized spacial score (nSPS) is 18.1. The first-order chi connectivity index (χ1) is 6.50. The molecule has 76 valence electrons. The molecular weight excluding hydrogens is 185 g/mol. The maximum Gasteiger partial charge on any atom is 0.194 e. The molecule has 0 radical (unpaired) electrons. The largest absolute Gasteiger partial charge is 0.504 e. The number of rotatable bonds is 2. The van der Waals surface area contributed by atoms with Crippen molar-refractivity contribution in [2.75, 3.05) is 0 Å². The van der Waals surface area contributed by atoms with Crippen molar-refractivity contribution in [1.82, 2.24) is 0 Å². The summed E-state index contributed by atoms with van der Waals surface area (Å²) in [6.07, 6.45) is 2.39. The van der Waals surface area contributed by atoms with Crippen LogP contribution in [0.1, 0.15) is 18.4 Å². The van der Waals surface area contributed by atoms with Gasteiger partial charge in [0.15, 0.2) is 17.3 Å². The first-order valence-corrected chi connectivity index (χ1v) is 4.49. The Morgan fingerprint density at radius 2 is 2.00 bits per heavy atom. The molecule has 2 rings (SSSR count). The molecule has 1 aromatic rings. The number of halogens is 1. The van der Waals surface area contributed by atoms with Gasteiger partial charge in [-0.25, -0.2) is 4.39 Å². The predicted octanol–water partition coefficient (Wildman–Crippen LogP) is 1.27. The van der Waals surface area contributed by atoms with Crippen LogP contribution in [0.15, 0.2) is 12.1 Å². The quantitative estimate of drug-likeness (QED) is 0.625. The van der Waals surface area contributed by atoms with Crippen molar-refractivity contribution >= 4 is 0 Å². The molecule has 0 atom stereocenters. The lowest BCUT2D eigenvalue weighted by Crippen LogP contribution is -2.24. The van der Waals surface area contributed by atoms with Gasteiger partial charge in [0, 0.05) is 5.54 Å². The van der Waals surface area contributed by atoms with Crippen molar-refractivity contribution in [3.63, 3.8) is 0 Å². The first-order valence-electron chi connectivity index (χ1n) is 4.49. The van der Waals surface area contributed by atoms with Gasteiger partial charge in [-0.3, -0.25) is 0 Å². The van der Waals surface area contributed by atoms with Gasteiger partial charge in [0.05, 0.1) is 0 Å². The van der Waals surface area contributed by atoms with Gasteiger partial charge in [-0.05, 0) is 37.0 Å². The van der Waals surface area contributed by atoms with E-state index in [-0.39, 0.29) is 5.54 Å². The van der Waals surface area contributed by atoms with E-state index in [1.807, 2.05) is 0 Å². The summed E-state index contributed by atoms with van der Waals surface area (Å²) in [4.78, 5) is 0. The van der Waals surface area contributed by atoms with E-state index in [4.69, 9.17) is 15.9 Å². The van der Waals surface area contributed by atoms with Crippen molar-refractivity contribution in [3.05, 3.63) is 23.5 Å². The third-order valence-electron chi connectivity index (χ3n) is 2.55. The van der Waals surface area contributed by atoms with Gasteiger partial charge < -0.3 is 15.9 Å². The molecule has 0 spiro atoms. The standard InChI is InChI=1S/C10H12FNO2/c11-7-3-6(4-8(13)9(7)14)5-10(12)1-2-10/h3-4,13-14H,1-2,5,12H2. The van der Waals surface area contributed by atoms with Crippen LogP contribution < -0.4 is 5.73 Å². The fourth-order valence-electron chi connectivity index (χ4n) is 1.49. The van der Waals surface area contributed by atoms with E-state index < -0.39 is 17.3 Å². The summed E-state index contributed by atoms with van der Waals surface area (Å²) in [6.45, 7) is 0. The fraction of sp³-hybridized carbons (Fsp3) is 0.400. The Balaban J connectivity index is 2.26. The Kier molecular flexibility index (Phi) is 1.89. The van der Waals surface area contributed by atoms with Crippen LogP contribution in [0.2, 0.25) is 0 Å². The maximum atomic E-state index is 13.0.